The number of benzene rings is 2. The maximum absolute atomic E-state index is 4.97. The molecule has 0 saturated heterocycles. The van der Waals surface area contributed by atoms with E-state index < -0.39 is 5.54 Å². The minimum absolute atomic E-state index is 0.451. The molecule has 2 aromatic carbocycles. The van der Waals surface area contributed by atoms with Gasteiger partial charge in [0.2, 0.25) is 0 Å². The molecule has 0 aromatic heterocycles. The van der Waals surface area contributed by atoms with E-state index in [0.717, 1.165) is 18.0 Å². The van der Waals surface area contributed by atoms with Crippen molar-refractivity contribution in [3.63, 3.8) is 0 Å². The Bertz CT molecular complexity index is 615. The first-order chi connectivity index (χ1) is 9.77. The first-order valence-corrected chi connectivity index (χ1v) is 7.03. The summed E-state index contributed by atoms with van der Waals surface area (Å²) in [6.07, 6.45) is 0.860. The zero-order valence-corrected chi connectivity index (χ0v) is 11.9. The Morgan fingerprint density at radius 3 is 1.75 bits per heavy atom. The van der Waals surface area contributed by atoms with Crippen LogP contribution in [0.3, 0.4) is 0 Å². The lowest BCUT2D eigenvalue weighted by molar-refractivity contribution is 0.741. The summed E-state index contributed by atoms with van der Waals surface area (Å²) in [7, 11) is 0. The van der Waals surface area contributed by atoms with Crippen molar-refractivity contribution in [2.24, 2.45) is 9.98 Å². The summed E-state index contributed by atoms with van der Waals surface area (Å²) >= 11 is 0. The smallest absolute Gasteiger partial charge is 0.150 e. The number of rotatable bonds is 3. The summed E-state index contributed by atoms with van der Waals surface area (Å²) in [6.45, 7) is 4.17. The van der Waals surface area contributed by atoms with Crippen LogP contribution in [0.1, 0.15) is 31.4 Å². The van der Waals surface area contributed by atoms with E-state index in [-0.39, 0.29) is 0 Å². The first kappa shape index (κ1) is 12.8. The quantitative estimate of drug-likeness (QED) is 0.791. The molecule has 2 nitrogen and oxygen atoms in total. The average molecular weight is 262 g/mol. The van der Waals surface area contributed by atoms with Gasteiger partial charge in [0.05, 0.1) is 5.71 Å². The van der Waals surface area contributed by atoms with Crippen LogP contribution in [0.25, 0.3) is 0 Å². The Labute approximate surface area is 119 Å². The van der Waals surface area contributed by atoms with E-state index in [4.69, 9.17) is 4.99 Å². The van der Waals surface area contributed by atoms with Crippen molar-refractivity contribution in [3.05, 3.63) is 71.8 Å². The van der Waals surface area contributed by atoms with Gasteiger partial charge < -0.3 is 0 Å². The van der Waals surface area contributed by atoms with Gasteiger partial charge in [-0.3, -0.25) is 0 Å². The molecule has 2 aromatic rings. The van der Waals surface area contributed by atoms with Crippen molar-refractivity contribution >= 4 is 11.5 Å². The molecule has 3 rings (SSSR count). The number of amidine groups is 1. The molecule has 1 aliphatic heterocycles. The third-order valence-electron chi connectivity index (χ3n) is 3.82. The Morgan fingerprint density at radius 1 is 0.850 bits per heavy atom. The summed E-state index contributed by atoms with van der Waals surface area (Å²) in [5.74, 6) is 0.926. The highest BCUT2D eigenvalue weighted by atomic mass is 15.1. The highest BCUT2D eigenvalue weighted by molar-refractivity contribution is 6.09. The van der Waals surface area contributed by atoms with Crippen LogP contribution in [-0.2, 0) is 5.54 Å². The molecule has 0 atom stereocenters. The van der Waals surface area contributed by atoms with E-state index >= 15 is 0 Å². The third kappa shape index (κ3) is 1.88. The molecule has 0 amide bonds. The van der Waals surface area contributed by atoms with Gasteiger partial charge in [-0.15, -0.1) is 0 Å². The minimum atomic E-state index is -0.451. The molecule has 0 saturated carbocycles. The van der Waals surface area contributed by atoms with E-state index in [9.17, 15) is 0 Å². The Balaban J connectivity index is 2.26. The van der Waals surface area contributed by atoms with E-state index in [1.807, 2.05) is 12.1 Å². The van der Waals surface area contributed by atoms with Crippen LogP contribution in [0.15, 0.2) is 70.6 Å². The number of nitrogens with zero attached hydrogens (tertiary/aromatic N) is 2. The van der Waals surface area contributed by atoms with Gasteiger partial charge in [0.25, 0.3) is 0 Å². The largest absolute Gasteiger partial charge is 0.248 e. The van der Waals surface area contributed by atoms with Crippen molar-refractivity contribution in [1.29, 1.82) is 0 Å². The van der Waals surface area contributed by atoms with Crippen molar-refractivity contribution < 1.29 is 0 Å². The topological polar surface area (TPSA) is 24.7 Å². The Hall–Kier alpha value is -2.22. The summed E-state index contributed by atoms with van der Waals surface area (Å²) in [5.41, 5.74) is 2.95. The molecule has 0 spiro atoms. The van der Waals surface area contributed by atoms with Crippen molar-refractivity contribution in [2.75, 3.05) is 0 Å². The predicted molar refractivity (Wildman–Crippen MR) is 84.5 cm³/mol. The van der Waals surface area contributed by atoms with E-state index in [1.165, 1.54) is 11.1 Å². The van der Waals surface area contributed by atoms with Crippen molar-refractivity contribution in [2.45, 2.75) is 25.8 Å². The second kappa shape index (κ2) is 5.04. The molecular formula is C18H18N2. The predicted octanol–water partition coefficient (Wildman–Crippen LogP) is 4.21. The molecule has 2 heteroatoms. The fourth-order valence-corrected chi connectivity index (χ4v) is 2.80. The monoisotopic (exact) mass is 262 g/mol. The van der Waals surface area contributed by atoms with Gasteiger partial charge in [0.1, 0.15) is 5.84 Å². The fraction of sp³-hybridized carbons (Fsp3) is 0.222. The third-order valence-corrected chi connectivity index (χ3v) is 3.82. The molecule has 1 heterocycles. The molecule has 100 valence electrons. The first-order valence-electron chi connectivity index (χ1n) is 7.03. The molecule has 0 aliphatic carbocycles. The summed E-state index contributed by atoms with van der Waals surface area (Å²) in [4.78, 5) is 9.65. The van der Waals surface area contributed by atoms with Gasteiger partial charge in [-0.1, -0.05) is 67.6 Å². The molecule has 0 bridgehead atoms. The van der Waals surface area contributed by atoms with Gasteiger partial charge >= 0.3 is 0 Å². The zero-order valence-electron chi connectivity index (χ0n) is 11.9. The highest BCUT2D eigenvalue weighted by Gasteiger charge is 2.40. The van der Waals surface area contributed by atoms with E-state index in [1.54, 1.807) is 0 Å². The summed E-state index contributed by atoms with van der Waals surface area (Å²) in [6, 6.07) is 20.9. The molecule has 1 aliphatic rings. The number of aliphatic imine (C=N–C) groups is 2. The minimum Gasteiger partial charge on any atom is -0.248 e. The van der Waals surface area contributed by atoms with Gasteiger partial charge in [-0.2, -0.15) is 0 Å². The summed E-state index contributed by atoms with van der Waals surface area (Å²) in [5, 5.41) is 0. The lowest BCUT2D eigenvalue weighted by Gasteiger charge is -2.28. The maximum atomic E-state index is 4.97. The van der Waals surface area contributed by atoms with Gasteiger partial charge in [0, 0.05) is 6.42 Å². The van der Waals surface area contributed by atoms with Crippen molar-refractivity contribution in [3.8, 4) is 0 Å². The standard InChI is InChI=1S/C18H18N2/c1-3-17-19-14(2)18(20-17,15-10-6-4-7-11-15)16-12-8-5-9-13-16/h4-13H,3H2,1-2H3. The molecule has 0 radical (unpaired) electrons. The maximum Gasteiger partial charge on any atom is 0.150 e. The molecule has 0 unspecified atom stereocenters. The average Bonchev–Trinajstić information content (AvgIpc) is 2.87. The zero-order chi connectivity index (χ0) is 14.0. The second-order valence-corrected chi connectivity index (χ2v) is 5.02. The van der Waals surface area contributed by atoms with Crippen LogP contribution in [0, 0.1) is 0 Å². The lowest BCUT2D eigenvalue weighted by Crippen LogP contribution is -2.31. The SMILES string of the molecule is CCC1=NC(c2ccccc2)(c2ccccc2)C(C)=N1. The molecule has 20 heavy (non-hydrogen) atoms. The van der Waals surface area contributed by atoms with E-state index in [2.05, 4.69) is 67.4 Å². The van der Waals surface area contributed by atoms with Crippen LogP contribution in [0.5, 0.6) is 0 Å². The molecular weight excluding hydrogens is 244 g/mol. The normalized spacial score (nSPS) is 16.7. The van der Waals surface area contributed by atoms with Gasteiger partial charge in [-0.05, 0) is 18.1 Å². The Kier molecular flexibility index (Phi) is 3.23. The van der Waals surface area contributed by atoms with Crippen molar-refractivity contribution in [1.82, 2.24) is 0 Å². The van der Waals surface area contributed by atoms with Crippen LogP contribution in [0.2, 0.25) is 0 Å². The van der Waals surface area contributed by atoms with Gasteiger partial charge in [-0.25, -0.2) is 9.98 Å². The van der Waals surface area contributed by atoms with E-state index in [0.29, 0.717) is 0 Å². The Morgan fingerprint density at radius 2 is 1.35 bits per heavy atom. The second-order valence-electron chi connectivity index (χ2n) is 5.02. The molecule has 0 fully saturated rings. The lowest BCUT2D eigenvalue weighted by atomic mass is 9.80. The van der Waals surface area contributed by atoms with Gasteiger partial charge in [0.15, 0.2) is 5.54 Å². The number of hydrogen-bond donors (Lipinski definition) is 0. The fourth-order valence-electron chi connectivity index (χ4n) is 2.80. The van der Waals surface area contributed by atoms with Crippen LogP contribution in [0.4, 0.5) is 0 Å². The highest BCUT2D eigenvalue weighted by Crippen LogP contribution is 2.38. The molecule has 0 N–H and O–H groups in total. The van der Waals surface area contributed by atoms with Crippen LogP contribution >= 0.6 is 0 Å². The summed E-state index contributed by atoms with van der Waals surface area (Å²) < 4.78 is 0. The van der Waals surface area contributed by atoms with Crippen LogP contribution in [-0.4, -0.2) is 11.5 Å². The van der Waals surface area contributed by atoms with Crippen LogP contribution < -0.4 is 0 Å². The number of hydrogen-bond acceptors (Lipinski definition) is 2.